The minimum atomic E-state index is -1.13. The van der Waals surface area contributed by atoms with Crippen molar-refractivity contribution in [3.05, 3.63) is 11.3 Å². The summed E-state index contributed by atoms with van der Waals surface area (Å²) in [7, 11) is 0. The quantitative estimate of drug-likeness (QED) is 0.629. The van der Waals surface area contributed by atoms with E-state index >= 15 is 0 Å². The third-order valence-electron chi connectivity index (χ3n) is 2.38. The first-order valence-corrected chi connectivity index (χ1v) is 4.86. The van der Waals surface area contributed by atoms with Gasteiger partial charge in [-0.15, -0.1) is 0 Å². The molecule has 0 saturated carbocycles. The molecule has 0 fully saturated rings. The van der Waals surface area contributed by atoms with Crippen LogP contribution in [-0.4, -0.2) is 40.0 Å². The number of hydrogen-bond acceptors (Lipinski definition) is 6. The van der Waals surface area contributed by atoms with Gasteiger partial charge in [-0.05, 0) is 5.16 Å². The highest BCUT2D eigenvalue weighted by atomic mass is 16.5. The maximum Gasteiger partial charge on any atom is 0.341 e. The molecule has 1 aliphatic rings. The molecule has 0 bridgehead atoms. The van der Waals surface area contributed by atoms with Gasteiger partial charge < -0.3 is 19.5 Å². The van der Waals surface area contributed by atoms with E-state index in [1.807, 2.05) is 0 Å². The van der Waals surface area contributed by atoms with Crippen molar-refractivity contribution in [1.82, 2.24) is 10.5 Å². The fourth-order valence-electron chi connectivity index (χ4n) is 1.58. The van der Waals surface area contributed by atoms with Crippen molar-refractivity contribution in [1.29, 1.82) is 0 Å². The van der Waals surface area contributed by atoms with Crippen molar-refractivity contribution >= 4 is 11.9 Å². The summed E-state index contributed by atoms with van der Waals surface area (Å²) in [5, 5.41) is 23.6. The summed E-state index contributed by atoms with van der Waals surface area (Å²) in [6, 6.07) is -0.742. The smallest absolute Gasteiger partial charge is 0.341 e. The molecule has 92 valence electrons. The number of nitrogens with zero attached hydrogens (tertiary/aromatic N) is 1. The predicted molar refractivity (Wildman–Crippen MR) is 51.6 cm³/mol. The van der Waals surface area contributed by atoms with Gasteiger partial charge in [0.1, 0.15) is 6.04 Å². The molecule has 3 N–H and O–H groups in total. The lowest BCUT2D eigenvalue weighted by molar-refractivity contribution is -0.140. The van der Waals surface area contributed by atoms with Crippen molar-refractivity contribution in [2.45, 2.75) is 19.0 Å². The SMILES string of the molecule is O=C(O)COc1noc2c1C[C@H](C(=O)O)NC2. The summed E-state index contributed by atoms with van der Waals surface area (Å²) in [6.45, 7) is -0.306. The highest BCUT2D eigenvalue weighted by molar-refractivity contribution is 5.74. The van der Waals surface area contributed by atoms with E-state index in [-0.39, 0.29) is 18.8 Å². The standard InChI is InChI=1S/C9H10N2O6/c12-7(13)3-16-8-4-1-5(9(14)15)10-2-6(4)17-11-8/h5,10H,1-3H2,(H,12,13)(H,14,15)/t5-/m1/s1. The van der Waals surface area contributed by atoms with E-state index in [1.54, 1.807) is 0 Å². The molecule has 8 nitrogen and oxygen atoms in total. The van der Waals surface area contributed by atoms with Gasteiger partial charge in [0.2, 0.25) is 0 Å². The Bertz CT molecular complexity index is 454. The third kappa shape index (κ3) is 2.36. The number of carboxylic acid groups (broad SMARTS) is 2. The minimum Gasteiger partial charge on any atom is -0.480 e. The van der Waals surface area contributed by atoms with Crippen LogP contribution in [-0.2, 0) is 22.6 Å². The Morgan fingerprint density at radius 1 is 1.53 bits per heavy atom. The fraction of sp³-hybridized carbons (Fsp3) is 0.444. The van der Waals surface area contributed by atoms with Crippen molar-refractivity contribution in [2.75, 3.05) is 6.61 Å². The summed E-state index contributed by atoms with van der Waals surface area (Å²) in [4.78, 5) is 21.2. The molecule has 2 heterocycles. The monoisotopic (exact) mass is 242 g/mol. The fourth-order valence-corrected chi connectivity index (χ4v) is 1.58. The molecular formula is C9H10N2O6. The zero-order chi connectivity index (χ0) is 12.4. The summed E-state index contributed by atoms with van der Waals surface area (Å²) < 4.78 is 9.83. The topological polar surface area (TPSA) is 122 Å². The molecule has 1 aromatic heterocycles. The molecule has 0 radical (unpaired) electrons. The van der Waals surface area contributed by atoms with Crippen LogP contribution in [0.25, 0.3) is 0 Å². The lowest BCUT2D eigenvalue weighted by Crippen LogP contribution is -2.41. The number of ether oxygens (including phenoxy) is 1. The molecule has 0 aliphatic carbocycles. The summed E-state index contributed by atoms with van der Waals surface area (Å²) >= 11 is 0. The van der Waals surface area contributed by atoms with E-state index in [2.05, 4.69) is 10.5 Å². The van der Waals surface area contributed by atoms with E-state index in [4.69, 9.17) is 19.5 Å². The maximum absolute atomic E-state index is 10.8. The van der Waals surface area contributed by atoms with Crippen LogP contribution in [0.1, 0.15) is 11.3 Å². The van der Waals surface area contributed by atoms with Gasteiger partial charge in [-0.25, -0.2) is 4.79 Å². The molecule has 2 rings (SSSR count). The van der Waals surface area contributed by atoms with Crippen LogP contribution in [0.5, 0.6) is 5.88 Å². The molecular weight excluding hydrogens is 232 g/mol. The van der Waals surface area contributed by atoms with Crippen LogP contribution in [0.4, 0.5) is 0 Å². The van der Waals surface area contributed by atoms with E-state index in [0.29, 0.717) is 11.3 Å². The van der Waals surface area contributed by atoms with Crippen LogP contribution < -0.4 is 10.1 Å². The first-order valence-electron chi connectivity index (χ1n) is 4.86. The molecule has 0 aromatic carbocycles. The van der Waals surface area contributed by atoms with Gasteiger partial charge >= 0.3 is 11.9 Å². The molecule has 8 heteroatoms. The zero-order valence-electron chi connectivity index (χ0n) is 8.67. The Hall–Kier alpha value is -2.09. The average Bonchev–Trinajstić information content (AvgIpc) is 2.68. The molecule has 17 heavy (non-hydrogen) atoms. The average molecular weight is 242 g/mol. The number of carboxylic acids is 2. The van der Waals surface area contributed by atoms with Crippen LogP contribution in [0, 0.1) is 0 Å². The van der Waals surface area contributed by atoms with Gasteiger partial charge in [0.25, 0.3) is 5.88 Å². The number of nitrogens with one attached hydrogen (secondary N) is 1. The van der Waals surface area contributed by atoms with Crippen LogP contribution in [0.15, 0.2) is 4.52 Å². The number of aromatic nitrogens is 1. The van der Waals surface area contributed by atoms with E-state index in [9.17, 15) is 9.59 Å². The molecule has 1 aliphatic heterocycles. The number of fused-ring (bicyclic) bond motifs is 1. The van der Waals surface area contributed by atoms with E-state index in [0.717, 1.165) is 0 Å². The molecule has 0 amide bonds. The van der Waals surface area contributed by atoms with Gasteiger partial charge in [-0.2, -0.15) is 0 Å². The molecule has 1 atom stereocenters. The Labute approximate surface area is 95.2 Å². The normalized spacial score (nSPS) is 18.5. The van der Waals surface area contributed by atoms with Gasteiger partial charge in [0.05, 0.1) is 12.1 Å². The molecule has 0 unspecified atom stereocenters. The van der Waals surface area contributed by atoms with Gasteiger partial charge in [-0.1, -0.05) is 0 Å². The predicted octanol–water partition coefficient (Wildman–Crippen LogP) is -0.763. The Morgan fingerprint density at radius 2 is 2.29 bits per heavy atom. The van der Waals surface area contributed by atoms with Crippen molar-refractivity contribution in [3.8, 4) is 5.88 Å². The van der Waals surface area contributed by atoms with Crippen LogP contribution >= 0.6 is 0 Å². The summed E-state index contributed by atoms with van der Waals surface area (Å²) in [5.74, 6) is -1.59. The second kappa shape index (κ2) is 4.42. The first kappa shape index (κ1) is 11.4. The number of aliphatic carboxylic acids is 2. The number of rotatable bonds is 4. The summed E-state index contributed by atoms with van der Waals surface area (Å²) in [6.07, 6.45) is 0.156. The van der Waals surface area contributed by atoms with Gasteiger partial charge in [0, 0.05) is 6.42 Å². The van der Waals surface area contributed by atoms with Crippen molar-refractivity contribution < 1.29 is 29.1 Å². The number of carbonyl (C=O) groups is 2. The van der Waals surface area contributed by atoms with Gasteiger partial charge in [0.15, 0.2) is 12.4 Å². The second-order valence-corrected chi connectivity index (χ2v) is 3.55. The Morgan fingerprint density at radius 3 is 2.94 bits per heavy atom. The highest BCUT2D eigenvalue weighted by Crippen LogP contribution is 2.26. The molecule has 1 aromatic rings. The van der Waals surface area contributed by atoms with Gasteiger partial charge in [-0.3, -0.25) is 10.1 Å². The van der Waals surface area contributed by atoms with Crippen LogP contribution in [0.3, 0.4) is 0 Å². The van der Waals surface area contributed by atoms with E-state index in [1.165, 1.54) is 0 Å². The first-order chi connectivity index (χ1) is 8.08. The zero-order valence-corrected chi connectivity index (χ0v) is 8.67. The Kier molecular flexibility index (Phi) is 2.96. The maximum atomic E-state index is 10.8. The molecule has 0 spiro atoms. The highest BCUT2D eigenvalue weighted by Gasteiger charge is 2.30. The lowest BCUT2D eigenvalue weighted by atomic mass is 10.0. The number of hydrogen-bond donors (Lipinski definition) is 3. The summed E-state index contributed by atoms with van der Waals surface area (Å²) in [5.41, 5.74) is 0.511. The van der Waals surface area contributed by atoms with Crippen LogP contribution in [0.2, 0.25) is 0 Å². The van der Waals surface area contributed by atoms with Crippen molar-refractivity contribution in [3.63, 3.8) is 0 Å². The van der Waals surface area contributed by atoms with E-state index < -0.39 is 24.6 Å². The van der Waals surface area contributed by atoms with Crippen molar-refractivity contribution in [2.24, 2.45) is 0 Å². The largest absolute Gasteiger partial charge is 0.480 e. The second-order valence-electron chi connectivity index (χ2n) is 3.55. The third-order valence-corrected chi connectivity index (χ3v) is 2.38. The lowest BCUT2D eigenvalue weighted by Gasteiger charge is -2.18. The Balaban J connectivity index is 2.13. The minimum absolute atomic E-state index is 0.0511. The molecule has 0 saturated heterocycles.